The van der Waals surface area contributed by atoms with E-state index in [4.69, 9.17) is 9.84 Å². The van der Waals surface area contributed by atoms with Crippen molar-refractivity contribution in [2.24, 2.45) is 0 Å². The summed E-state index contributed by atoms with van der Waals surface area (Å²) >= 11 is 0. The summed E-state index contributed by atoms with van der Waals surface area (Å²) in [7, 11) is 0. The summed E-state index contributed by atoms with van der Waals surface area (Å²) < 4.78 is 5.68. The maximum absolute atomic E-state index is 10.5. The molecule has 1 aliphatic rings. The van der Waals surface area contributed by atoms with Crippen LogP contribution in [0.4, 0.5) is 0 Å². The minimum Gasteiger partial charge on any atom is -0.492 e. The molecular weight excluding hydrogens is 270 g/mol. The van der Waals surface area contributed by atoms with Crippen LogP contribution in [0.25, 0.3) is 6.08 Å². The van der Waals surface area contributed by atoms with Crippen LogP contribution in [-0.4, -0.2) is 52.9 Å². The van der Waals surface area contributed by atoms with Crippen LogP contribution in [0.15, 0.2) is 30.3 Å². The topological polar surface area (TPSA) is 70.0 Å². The van der Waals surface area contributed by atoms with Crippen molar-refractivity contribution in [2.45, 2.75) is 18.9 Å². The second-order valence-corrected chi connectivity index (χ2v) is 5.62. The Labute approximate surface area is 124 Å². The first-order chi connectivity index (χ1) is 9.94. The fourth-order valence-corrected chi connectivity index (χ4v) is 2.40. The van der Waals surface area contributed by atoms with Gasteiger partial charge in [-0.25, -0.2) is 4.79 Å². The van der Waals surface area contributed by atoms with Crippen molar-refractivity contribution in [2.75, 3.05) is 26.2 Å². The number of rotatable bonds is 6. The Bertz CT molecular complexity index is 525. The van der Waals surface area contributed by atoms with E-state index in [0.29, 0.717) is 18.9 Å². The van der Waals surface area contributed by atoms with Gasteiger partial charge >= 0.3 is 5.97 Å². The van der Waals surface area contributed by atoms with Crippen LogP contribution in [-0.2, 0) is 4.79 Å². The second-order valence-electron chi connectivity index (χ2n) is 5.62. The molecule has 0 bridgehead atoms. The normalized spacial score (nSPS) is 22.8. The third kappa shape index (κ3) is 5.21. The van der Waals surface area contributed by atoms with Crippen LogP contribution in [0.1, 0.15) is 18.9 Å². The number of carboxylic acid groups (broad SMARTS) is 1. The number of ether oxygens (including phenoxy) is 1. The number of carboxylic acids is 1. The smallest absolute Gasteiger partial charge is 0.328 e. The molecule has 1 heterocycles. The molecule has 0 amide bonds. The molecule has 21 heavy (non-hydrogen) atoms. The van der Waals surface area contributed by atoms with Gasteiger partial charge in [-0.2, -0.15) is 0 Å². The fraction of sp³-hybridized carbons (Fsp3) is 0.438. The zero-order valence-electron chi connectivity index (χ0n) is 12.2. The Morgan fingerprint density at radius 3 is 3.00 bits per heavy atom. The molecule has 5 nitrogen and oxygen atoms in total. The van der Waals surface area contributed by atoms with Crippen LogP contribution < -0.4 is 4.74 Å². The van der Waals surface area contributed by atoms with E-state index < -0.39 is 11.6 Å². The van der Waals surface area contributed by atoms with Crippen molar-refractivity contribution in [3.63, 3.8) is 0 Å². The first-order valence-corrected chi connectivity index (χ1v) is 7.03. The quantitative estimate of drug-likeness (QED) is 0.779. The minimum atomic E-state index is -0.970. The highest BCUT2D eigenvalue weighted by atomic mass is 16.5. The van der Waals surface area contributed by atoms with Gasteiger partial charge in [0, 0.05) is 25.7 Å². The van der Waals surface area contributed by atoms with Crippen LogP contribution >= 0.6 is 0 Å². The summed E-state index contributed by atoms with van der Waals surface area (Å²) in [6.07, 6.45) is 3.43. The SMILES string of the molecule is CC1(O)CCN(CCOc2cccc(/C=C/C(=O)O)c2)C1. The fourth-order valence-electron chi connectivity index (χ4n) is 2.40. The molecule has 0 radical (unpaired) electrons. The molecule has 1 fully saturated rings. The van der Waals surface area contributed by atoms with Crippen molar-refractivity contribution in [1.29, 1.82) is 0 Å². The molecular formula is C16H21NO4. The number of nitrogens with zero attached hydrogens (tertiary/aromatic N) is 1. The van der Waals surface area contributed by atoms with Gasteiger partial charge in [0.2, 0.25) is 0 Å². The number of hydrogen-bond donors (Lipinski definition) is 2. The van der Waals surface area contributed by atoms with Crippen molar-refractivity contribution < 1.29 is 19.7 Å². The van der Waals surface area contributed by atoms with Gasteiger partial charge in [0.1, 0.15) is 12.4 Å². The van der Waals surface area contributed by atoms with E-state index in [0.717, 1.165) is 31.1 Å². The summed E-state index contributed by atoms with van der Waals surface area (Å²) in [6.45, 7) is 4.73. The summed E-state index contributed by atoms with van der Waals surface area (Å²) in [5, 5.41) is 18.5. The van der Waals surface area contributed by atoms with Crippen LogP contribution in [0.3, 0.4) is 0 Å². The van der Waals surface area contributed by atoms with Crippen molar-refractivity contribution >= 4 is 12.0 Å². The third-order valence-electron chi connectivity index (χ3n) is 3.48. The largest absolute Gasteiger partial charge is 0.492 e. The average molecular weight is 291 g/mol. The predicted molar refractivity (Wildman–Crippen MR) is 80.3 cm³/mol. The number of β-amino-alcohol motifs (C(OH)–C–C–N with tert-alkyl or cyclic N) is 1. The van der Waals surface area contributed by atoms with Gasteiger partial charge in [0.25, 0.3) is 0 Å². The number of carbonyl (C=O) groups is 1. The van der Waals surface area contributed by atoms with Crippen LogP contribution in [0, 0.1) is 0 Å². The summed E-state index contributed by atoms with van der Waals surface area (Å²) in [4.78, 5) is 12.7. The molecule has 1 atom stereocenters. The molecule has 2 rings (SSSR count). The molecule has 0 saturated carbocycles. The van der Waals surface area contributed by atoms with Gasteiger partial charge in [0.15, 0.2) is 0 Å². The van der Waals surface area contributed by atoms with Gasteiger partial charge < -0.3 is 14.9 Å². The van der Waals surface area contributed by atoms with Crippen molar-refractivity contribution in [1.82, 2.24) is 4.90 Å². The number of aliphatic hydroxyl groups is 1. The summed E-state index contributed by atoms with van der Waals surface area (Å²) in [5.74, 6) is -0.254. The van der Waals surface area contributed by atoms with E-state index in [2.05, 4.69) is 4.90 Å². The molecule has 1 aromatic rings. The molecule has 1 unspecified atom stereocenters. The monoisotopic (exact) mass is 291 g/mol. The van der Waals surface area contributed by atoms with E-state index in [9.17, 15) is 9.90 Å². The molecule has 0 aliphatic carbocycles. The number of aliphatic carboxylic acids is 1. The maximum atomic E-state index is 10.5. The number of benzene rings is 1. The summed E-state index contributed by atoms with van der Waals surface area (Å²) in [6, 6.07) is 7.30. The Kier molecular flexibility index (Phi) is 4.98. The zero-order valence-corrected chi connectivity index (χ0v) is 12.2. The van der Waals surface area contributed by atoms with E-state index >= 15 is 0 Å². The molecule has 0 spiro atoms. The standard InChI is InChI=1S/C16H21NO4/c1-16(20)7-8-17(12-16)9-10-21-14-4-2-3-13(11-14)5-6-15(18)19/h2-6,11,20H,7-10,12H2,1H3,(H,18,19)/b6-5+. The van der Waals surface area contributed by atoms with Gasteiger partial charge in [-0.05, 0) is 37.1 Å². The third-order valence-corrected chi connectivity index (χ3v) is 3.48. The van der Waals surface area contributed by atoms with Crippen molar-refractivity contribution in [3.05, 3.63) is 35.9 Å². The van der Waals surface area contributed by atoms with E-state index in [-0.39, 0.29) is 0 Å². The van der Waals surface area contributed by atoms with Crippen LogP contribution in [0.5, 0.6) is 5.75 Å². The Balaban J connectivity index is 1.81. The second kappa shape index (κ2) is 6.74. The van der Waals surface area contributed by atoms with E-state index in [1.54, 1.807) is 6.07 Å². The molecule has 1 aromatic carbocycles. The van der Waals surface area contributed by atoms with E-state index in [1.807, 2.05) is 25.1 Å². The first kappa shape index (κ1) is 15.5. The number of likely N-dealkylation sites (tertiary alicyclic amines) is 1. The average Bonchev–Trinajstić information content (AvgIpc) is 2.76. The first-order valence-electron chi connectivity index (χ1n) is 7.03. The molecule has 2 N–H and O–H groups in total. The Hall–Kier alpha value is -1.85. The highest BCUT2D eigenvalue weighted by Crippen LogP contribution is 2.20. The zero-order chi connectivity index (χ0) is 15.3. The Morgan fingerprint density at radius 2 is 2.33 bits per heavy atom. The van der Waals surface area contributed by atoms with Gasteiger partial charge in [0.05, 0.1) is 5.60 Å². The highest BCUT2D eigenvalue weighted by Gasteiger charge is 2.30. The lowest BCUT2D eigenvalue weighted by molar-refractivity contribution is -0.131. The van der Waals surface area contributed by atoms with E-state index in [1.165, 1.54) is 6.08 Å². The highest BCUT2D eigenvalue weighted by molar-refractivity contribution is 5.85. The van der Waals surface area contributed by atoms with Crippen LogP contribution in [0.2, 0.25) is 0 Å². The molecule has 0 aromatic heterocycles. The molecule has 114 valence electrons. The van der Waals surface area contributed by atoms with Gasteiger partial charge in [-0.3, -0.25) is 4.90 Å². The van der Waals surface area contributed by atoms with Crippen molar-refractivity contribution in [3.8, 4) is 5.75 Å². The molecule has 1 saturated heterocycles. The number of hydrogen-bond acceptors (Lipinski definition) is 4. The summed E-state index contributed by atoms with van der Waals surface area (Å²) in [5.41, 5.74) is 0.209. The Morgan fingerprint density at radius 1 is 1.52 bits per heavy atom. The lowest BCUT2D eigenvalue weighted by Crippen LogP contribution is -2.32. The molecule has 1 aliphatic heterocycles. The van der Waals surface area contributed by atoms with Gasteiger partial charge in [-0.15, -0.1) is 0 Å². The maximum Gasteiger partial charge on any atom is 0.328 e. The lowest BCUT2D eigenvalue weighted by atomic mass is 10.1. The molecule has 5 heteroatoms. The minimum absolute atomic E-state index is 0.544. The van der Waals surface area contributed by atoms with Gasteiger partial charge in [-0.1, -0.05) is 12.1 Å². The lowest BCUT2D eigenvalue weighted by Gasteiger charge is -2.18. The predicted octanol–water partition coefficient (Wildman–Crippen LogP) is 1.62.